The molecule has 0 fully saturated rings. The van der Waals surface area contributed by atoms with E-state index in [4.69, 9.17) is 27.9 Å². The molecule has 1 aromatic heterocycles. The average molecular weight is 343 g/mol. The summed E-state index contributed by atoms with van der Waals surface area (Å²) in [6.07, 6.45) is 0.922. The van der Waals surface area contributed by atoms with Crippen LogP contribution in [0.5, 0.6) is 5.75 Å². The smallest absolute Gasteiger partial charge is 0.261 e. The molecule has 0 saturated carbocycles. The monoisotopic (exact) mass is 342 g/mol. The molecular weight excluding hydrogens is 327 g/mol. The van der Waals surface area contributed by atoms with E-state index >= 15 is 0 Å². The van der Waals surface area contributed by atoms with Crippen molar-refractivity contribution in [3.05, 3.63) is 40.4 Å². The summed E-state index contributed by atoms with van der Waals surface area (Å²) in [5, 5.41) is 11.4. The van der Waals surface area contributed by atoms with Gasteiger partial charge in [0.1, 0.15) is 12.1 Å². The Morgan fingerprint density at radius 1 is 1.45 bits per heavy atom. The third kappa shape index (κ3) is 4.11. The second-order valence-corrected chi connectivity index (χ2v) is 5.43. The molecule has 1 aromatic carbocycles. The second kappa shape index (κ2) is 7.47. The number of nitrogens with zero attached hydrogens (tertiary/aromatic N) is 3. The fourth-order valence-electron chi connectivity index (χ4n) is 1.80. The predicted octanol–water partition coefficient (Wildman–Crippen LogP) is 2.69. The normalized spacial score (nSPS) is 12.0. The summed E-state index contributed by atoms with van der Waals surface area (Å²) in [6.45, 7) is 4.65. The quantitative estimate of drug-likeness (QED) is 0.876. The van der Waals surface area contributed by atoms with E-state index in [1.54, 1.807) is 31.5 Å². The van der Waals surface area contributed by atoms with Crippen molar-refractivity contribution in [3.63, 3.8) is 0 Å². The lowest BCUT2D eigenvalue weighted by Gasteiger charge is -2.15. The summed E-state index contributed by atoms with van der Waals surface area (Å²) in [4.78, 5) is 12.1. The summed E-state index contributed by atoms with van der Waals surface area (Å²) in [5.41, 5.74) is 0. The highest BCUT2D eigenvalue weighted by atomic mass is 35.5. The molecule has 0 aliphatic rings. The number of nitrogens with one attached hydrogen (secondary N) is 1. The number of halogens is 2. The number of amides is 1. The van der Waals surface area contributed by atoms with E-state index in [1.807, 2.05) is 11.5 Å². The number of benzene rings is 1. The van der Waals surface area contributed by atoms with Gasteiger partial charge in [-0.3, -0.25) is 4.79 Å². The highest BCUT2D eigenvalue weighted by Crippen LogP contribution is 2.28. The Morgan fingerprint density at radius 3 is 2.91 bits per heavy atom. The third-order valence-corrected chi connectivity index (χ3v) is 3.55. The molecule has 118 valence electrons. The van der Waals surface area contributed by atoms with Gasteiger partial charge >= 0.3 is 0 Å². The van der Waals surface area contributed by atoms with Crippen LogP contribution in [0.25, 0.3) is 0 Å². The Hall–Kier alpha value is -1.79. The standard InChI is InChI=1S/C14H16Cl2N4O2/c1-3-20-8-18-19-13(20)7-17-14(21)9(2)22-12-5-4-10(15)6-11(12)16/h4-6,8-9H,3,7H2,1-2H3,(H,17,21)/t9-/m1/s1. The number of rotatable bonds is 6. The molecule has 1 atom stereocenters. The molecule has 1 heterocycles. The SMILES string of the molecule is CCn1cnnc1CNC(=O)[C@@H](C)Oc1ccc(Cl)cc1Cl. The first kappa shape index (κ1) is 16.6. The molecule has 22 heavy (non-hydrogen) atoms. The van der Waals surface area contributed by atoms with Crippen LogP contribution in [0.15, 0.2) is 24.5 Å². The number of hydrogen-bond acceptors (Lipinski definition) is 4. The first-order valence-electron chi connectivity index (χ1n) is 6.77. The van der Waals surface area contributed by atoms with E-state index in [1.165, 1.54) is 0 Å². The molecule has 1 N–H and O–H groups in total. The molecular formula is C14H16Cl2N4O2. The van der Waals surface area contributed by atoms with Crippen LogP contribution in [-0.4, -0.2) is 26.8 Å². The number of carbonyl (C=O) groups is 1. The van der Waals surface area contributed by atoms with E-state index in [9.17, 15) is 4.79 Å². The summed E-state index contributed by atoms with van der Waals surface area (Å²) >= 11 is 11.8. The minimum Gasteiger partial charge on any atom is -0.479 e. The lowest BCUT2D eigenvalue weighted by molar-refractivity contribution is -0.127. The summed E-state index contributed by atoms with van der Waals surface area (Å²) in [5.74, 6) is 0.828. The number of ether oxygens (including phenoxy) is 1. The molecule has 2 aromatic rings. The van der Waals surface area contributed by atoms with Crippen LogP contribution in [0.3, 0.4) is 0 Å². The Morgan fingerprint density at radius 2 is 2.23 bits per heavy atom. The van der Waals surface area contributed by atoms with Crippen molar-refractivity contribution >= 4 is 29.1 Å². The number of aryl methyl sites for hydroxylation is 1. The van der Waals surface area contributed by atoms with Gasteiger partial charge in [0.2, 0.25) is 0 Å². The minimum atomic E-state index is -0.698. The third-order valence-electron chi connectivity index (χ3n) is 3.02. The zero-order valence-corrected chi connectivity index (χ0v) is 13.7. The zero-order valence-electron chi connectivity index (χ0n) is 12.2. The van der Waals surface area contributed by atoms with Gasteiger partial charge in [0.15, 0.2) is 11.9 Å². The van der Waals surface area contributed by atoms with Crippen molar-refractivity contribution in [2.75, 3.05) is 0 Å². The van der Waals surface area contributed by atoms with Crippen LogP contribution >= 0.6 is 23.2 Å². The minimum absolute atomic E-state index is 0.267. The number of hydrogen-bond donors (Lipinski definition) is 1. The van der Waals surface area contributed by atoms with Crippen LogP contribution in [0.1, 0.15) is 19.7 Å². The first-order chi connectivity index (χ1) is 10.5. The Balaban J connectivity index is 1.92. The van der Waals surface area contributed by atoms with Crippen LogP contribution < -0.4 is 10.1 Å². The summed E-state index contributed by atoms with van der Waals surface area (Å²) in [7, 11) is 0. The van der Waals surface area contributed by atoms with Crippen molar-refractivity contribution in [1.29, 1.82) is 0 Å². The van der Waals surface area contributed by atoms with Gasteiger partial charge in [0.25, 0.3) is 5.91 Å². The van der Waals surface area contributed by atoms with E-state index in [-0.39, 0.29) is 12.5 Å². The highest BCUT2D eigenvalue weighted by molar-refractivity contribution is 6.35. The van der Waals surface area contributed by atoms with E-state index in [0.717, 1.165) is 6.54 Å². The second-order valence-electron chi connectivity index (χ2n) is 4.59. The van der Waals surface area contributed by atoms with Gasteiger partial charge in [-0.05, 0) is 32.0 Å². The van der Waals surface area contributed by atoms with E-state index < -0.39 is 6.10 Å². The van der Waals surface area contributed by atoms with E-state index in [2.05, 4.69) is 15.5 Å². The Kier molecular flexibility index (Phi) is 5.63. The molecule has 0 unspecified atom stereocenters. The van der Waals surface area contributed by atoms with Crippen molar-refractivity contribution in [1.82, 2.24) is 20.1 Å². The molecule has 0 spiro atoms. The van der Waals surface area contributed by atoms with Crippen molar-refractivity contribution in [3.8, 4) is 5.75 Å². The van der Waals surface area contributed by atoms with Crippen molar-refractivity contribution in [2.24, 2.45) is 0 Å². The van der Waals surface area contributed by atoms with Gasteiger partial charge in [-0.25, -0.2) is 0 Å². The lowest BCUT2D eigenvalue weighted by atomic mass is 10.3. The Bertz CT molecular complexity index is 660. The maximum absolute atomic E-state index is 12.1. The van der Waals surface area contributed by atoms with Gasteiger partial charge in [0.05, 0.1) is 11.6 Å². The van der Waals surface area contributed by atoms with Gasteiger partial charge in [-0.2, -0.15) is 0 Å². The molecule has 0 aliphatic carbocycles. The topological polar surface area (TPSA) is 69.0 Å². The van der Waals surface area contributed by atoms with E-state index in [0.29, 0.717) is 21.6 Å². The highest BCUT2D eigenvalue weighted by Gasteiger charge is 2.17. The molecule has 1 amide bonds. The van der Waals surface area contributed by atoms with Crippen molar-refractivity contribution in [2.45, 2.75) is 33.0 Å². The summed E-state index contributed by atoms with van der Waals surface area (Å²) in [6, 6.07) is 4.84. The molecule has 8 heteroatoms. The molecule has 6 nitrogen and oxygen atoms in total. The fourth-order valence-corrected chi connectivity index (χ4v) is 2.26. The zero-order chi connectivity index (χ0) is 16.1. The van der Waals surface area contributed by atoms with Crippen LogP contribution in [0, 0.1) is 0 Å². The maximum atomic E-state index is 12.1. The summed E-state index contributed by atoms with van der Waals surface area (Å²) < 4.78 is 7.39. The molecule has 0 radical (unpaired) electrons. The van der Waals surface area contributed by atoms with Gasteiger partial charge in [-0.1, -0.05) is 23.2 Å². The predicted molar refractivity (Wildman–Crippen MR) is 84.1 cm³/mol. The lowest BCUT2D eigenvalue weighted by Crippen LogP contribution is -2.36. The van der Waals surface area contributed by atoms with Gasteiger partial charge in [0, 0.05) is 11.6 Å². The average Bonchev–Trinajstić information content (AvgIpc) is 2.95. The largest absolute Gasteiger partial charge is 0.479 e. The Labute approximate surface area is 138 Å². The molecule has 0 saturated heterocycles. The van der Waals surface area contributed by atoms with Crippen LogP contribution in [0.2, 0.25) is 10.0 Å². The molecule has 0 bridgehead atoms. The first-order valence-corrected chi connectivity index (χ1v) is 7.53. The molecule has 0 aliphatic heterocycles. The van der Waals surface area contributed by atoms with Crippen molar-refractivity contribution < 1.29 is 9.53 Å². The van der Waals surface area contributed by atoms with Gasteiger partial charge < -0.3 is 14.6 Å². The van der Waals surface area contributed by atoms with Gasteiger partial charge in [-0.15, -0.1) is 10.2 Å². The molecule has 2 rings (SSSR count). The number of carbonyl (C=O) groups excluding carboxylic acids is 1. The van der Waals surface area contributed by atoms with Crippen LogP contribution in [0.4, 0.5) is 0 Å². The van der Waals surface area contributed by atoms with Crippen LogP contribution in [-0.2, 0) is 17.9 Å². The fraction of sp³-hybridized carbons (Fsp3) is 0.357. The number of aromatic nitrogens is 3. The maximum Gasteiger partial charge on any atom is 0.261 e.